The summed E-state index contributed by atoms with van der Waals surface area (Å²) in [5, 5.41) is 17.1. The molecule has 0 aromatic heterocycles. The topological polar surface area (TPSA) is 56.5 Å². The van der Waals surface area contributed by atoms with Crippen LogP contribution in [-0.4, -0.2) is 36.3 Å². The van der Waals surface area contributed by atoms with Crippen LogP contribution in [0.5, 0.6) is 0 Å². The number of morpholine rings is 1. The summed E-state index contributed by atoms with van der Waals surface area (Å²) in [6.07, 6.45) is 0.839. The lowest BCUT2D eigenvalue weighted by Gasteiger charge is -2.26. The van der Waals surface area contributed by atoms with Gasteiger partial charge in [-0.3, -0.25) is 0 Å². The third-order valence-electron chi connectivity index (χ3n) is 1.59. The van der Waals surface area contributed by atoms with Crippen molar-refractivity contribution in [2.75, 3.05) is 26.3 Å². The third kappa shape index (κ3) is 1.85. The molecule has 60 valence electrons. The zero-order valence-corrected chi connectivity index (χ0v) is 6.16. The molecule has 0 aromatic rings. The number of nitrogens with zero attached hydrogens (tertiary/aromatic N) is 2. The van der Waals surface area contributed by atoms with E-state index in [9.17, 15) is 0 Å². The monoisotopic (exact) mass is 154 g/mol. The standard InChI is InChI=1S/C7H10N2O2/c8-5-7(6-10)9-1-3-11-4-2-9/h6,10H,1-4H2. The minimum atomic E-state index is 0.313. The van der Waals surface area contributed by atoms with Gasteiger partial charge in [0.2, 0.25) is 0 Å². The SMILES string of the molecule is N#CC(=CO)N1CCOCC1. The number of aliphatic hydroxyl groups is 1. The van der Waals surface area contributed by atoms with Crippen molar-refractivity contribution in [3.63, 3.8) is 0 Å². The van der Waals surface area contributed by atoms with E-state index < -0.39 is 0 Å². The molecule has 0 aliphatic carbocycles. The highest BCUT2D eigenvalue weighted by molar-refractivity contribution is 5.16. The Morgan fingerprint density at radius 2 is 2.18 bits per heavy atom. The smallest absolute Gasteiger partial charge is 0.151 e. The predicted octanol–water partition coefficient (Wildman–Crippen LogP) is 0.242. The molecule has 0 spiro atoms. The molecule has 0 aromatic carbocycles. The molecule has 1 saturated heterocycles. The number of ether oxygens (including phenoxy) is 1. The van der Waals surface area contributed by atoms with Gasteiger partial charge in [0.05, 0.1) is 13.2 Å². The second-order valence-corrected chi connectivity index (χ2v) is 2.23. The van der Waals surface area contributed by atoms with E-state index >= 15 is 0 Å². The number of nitriles is 1. The summed E-state index contributed by atoms with van der Waals surface area (Å²) in [4.78, 5) is 1.80. The van der Waals surface area contributed by atoms with Gasteiger partial charge in [-0.1, -0.05) is 0 Å². The van der Waals surface area contributed by atoms with Gasteiger partial charge in [0.15, 0.2) is 5.70 Å². The Labute approximate surface area is 65.3 Å². The maximum absolute atomic E-state index is 8.61. The van der Waals surface area contributed by atoms with Crippen molar-refractivity contribution in [3.05, 3.63) is 12.0 Å². The van der Waals surface area contributed by atoms with Crippen molar-refractivity contribution in [2.45, 2.75) is 0 Å². The van der Waals surface area contributed by atoms with Gasteiger partial charge in [-0.15, -0.1) is 0 Å². The molecule has 0 amide bonds. The molecule has 1 heterocycles. The van der Waals surface area contributed by atoms with Crippen LogP contribution in [0.1, 0.15) is 0 Å². The van der Waals surface area contributed by atoms with Gasteiger partial charge in [-0.2, -0.15) is 5.26 Å². The highest BCUT2D eigenvalue weighted by atomic mass is 16.5. The molecular formula is C7H10N2O2. The van der Waals surface area contributed by atoms with E-state index in [2.05, 4.69) is 0 Å². The van der Waals surface area contributed by atoms with Crippen molar-refractivity contribution in [3.8, 4) is 6.07 Å². The van der Waals surface area contributed by atoms with Crippen molar-refractivity contribution < 1.29 is 9.84 Å². The predicted molar refractivity (Wildman–Crippen MR) is 38.7 cm³/mol. The van der Waals surface area contributed by atoms with Gasteiger partial charge in [0, 0.05) is 13.1 Å². The zero-order chi connectivity index (χ0) is 8.10. The van der Waals surface area contributed by atoms with Gasteiger partial charge in [0.25, 0.3) is 0 Å². The summed E-state index contributed by atoms with van der Waals surface area (Å²) >= 11 is 0. The Bertz CT molecular complexity index is 189. The van der Waals surface area contributed by atoms with Gasteiger partial charge in [-0.05, 0) is 0 Å². The number of hydrogen-bond acceptors (Lipinski definition) is 4. The van der Waals surface area contributed by atoms with Crippen molar-refractivity contribution in [1.82, 2.24) is 4.90 Å². The van der Waals surface area contributed by atoms with Crippen LogP contribution >= 0.6 is 0 Å². The molecule has 1 aliphatic rings. The van der Waals surface area contributed by atoms with E-state index in [1.165, 1.54) is 0 Å². The van der Waals surface area contributed by atoms with Gasteiger partial charge < -0.3 is 14.7 Å². The van der Waals surface area contributed by atoms with Crippen molar-refractivity contribution in [2.24, 2.45) is 0 Å². The summed E-state index contributed by atoms with van der Waals surface area (Å²) in [5.74, 6) is 0. The number of hydrogen-bond donors (Lipinski definition) is 1. The van der Waals surface area contributed by atoms with E-state index in [4.69, 9.17) is 15.1 Å². The van der Waals surface area contributed by atoms with E-state index in [-0.39, 0.29) is 0 Å². The number of allylic oxidation sites excluding steroid dienone is 1. The molecule has 4 heteroatoms. The average molecular weight is 154 g/mol. The van der Waals surface area contributed by atoms with Crippen LogP contribution in [0.4, 0.5) is 0 Å². The van der Waals surface area contributed by atoms with Crippen LogP contribution in [-0.2, 0) is 4.74 Å². The van der Waals surface area contributed by atoms with Crippen LogP contribution in [0.15, 0.2) is 12.0 Å². The van der Waals surface area contributed by atoms with Crippen LogP contribution < -0.4 is 0 Å². The highest BCUT2D eigenvalue weighted by Crippen LogP contribution is 2.04. The fraction of sp³-hybridized carbons (Fsp3) is 0.571. The molecule has 4 nitrogen and oxygen atoms in total. The maximum atomic E-state index is 8.61. The lowest BCUT2D eigenvalue weighted by molar-refractivity contribution is 0.0547. The van der Waals surface area contributed by atoms with E-state index in [0.29, 0.717) is 32.0 Å². The fourth-order valence-electron chi connectivity index (χ4n) is 0.985. The van der Waals surface area contributed by atoms with Crippen LogP contribution in [0.2, 0.25) is 0 Å². The lowest BCUT2D eigenvalue weighted by Crippen LogP contribution is -2.35. The minimum Gasteiger partial charge on any atom is -0.513 e. The van der Waals surface area contributed by atoms with Crippen LogP contribution in [0.25, 0.3) is 0 Å². The van der Waals surface area contributed by atoms with E-state index in [0.717, 1.165) is 6.26 Å². The third-order valence-corrected chi connectivity index (χ3v) is 1.59. The molecule has 0 atom stereocenters. The van der Waals surface area contributed by atoms with E-state index in [1.807, 2.05) is 6.07 Å². The number of aliphatic hydroxyl groups excluding tert-OH is 1. The summed E-state index contributed by atoms with van der Waals surface area (Å²) in [6.45, 7) is 2.61. The first-order valence-electron chi connectivity index (χ1n) is 3.45. The second-order valence-electron chi connectivity index (χ2n) is 2.23. The Hall–Kier alpha value is -1.21. The zero-order valence-electron chi connectivity index (χ0n) is 6.16. The second kappa shape index (κ2) is 3.84. The highest BCUT2D eigenvalue weighted by Gasteiger charge is 2.12. The van der Waals surface area contributed by atoms with Crippen LogP contribution in [0.3, 0.4) is 0 Å². The molecule has 0 unspecified atom stereocenters. The van der Waals surface area contributed by atoms with Gasteiger partial charge in [0.1, 0.15) is 12.3 Å². The summed E-state index contributed by atoms with van der Waals surface area (Å²) in [7, 11) is 0. The first-order valence-corrected chi connectivity index (χ1v) is 3.45. The number of rotatable bonds is 1. The fourth-order valence-corrected chi connectivity index (χ4v) is 0.985. The Kier molecular flexibility index (Phi) is 2.75. The van der Waals surface area contributed by atoms with Crippen molar-refractivity contribution in [1.29, 1.82) is 5.26 Å². The Morgan fingerprint density at radius 3 is 2.64 bits per heavy atom. The Morgan fingerprint density at radius 1 is 1.55 bits per heavy atom. The maximum Gasteiger partial charge on any atom is 0.151 e. The van der Waals surface area contributed by atoms with Gasteiger partial charge in [-0.25, -0.2) is 0 Å². The largest absolute Gasteiger partial charge is 0.513 e. The molecular weight excluding hydrogens is 144 g/mol. The van der Waals surface area contributed by atoms with Crippen LogP contribution in [0, 0.1) is 11.3 Å². The summed E-state index contributed by atoms with van der Waals surface area (Å²) in [5.41, 5.74) is 0.313. The van der Waals surface area contributed by atoms with E-state index in [1.54, 1.807) is 4.90 Å². The first kappa shape index (κ1) is 7.89. The molecule has 1 rings (SSSR count). The normalized spacial score (nSPS) is 19.5. The summed E-state index contributed by atoms with van der Waals surface area (Å²) < 4.78 is 5.08. The van der Waals surface area contributed by atoms with Crippen molar-refractivity contribution >= 4 is 0 Å². The molecule has 1 N–H and O–H groups in total. The summed E-state index contributed by atoms with van der Waals surface area (Å²) in [6, 6.07) is 1.90. The Balaban J connectivity index is 2.52. The average Bonchev–Trinajstić information content (AvgIpc) is 2.09. The lowest BCUT2D eigenvalue weighted by atomic mass is 10.3. The molecule has 0 radical (unpaired) electrons. The molecule has 1 aliphatic heterocycles. The van der Waals surface area contributed by atoms with Gasteiger partial charge >= 0.3 is 0 Å². The minimum absolute atomic E-state index is 0.313. The first-order chi connectivity index (χ1) is 5.38. The molecule has 0 saturated carbocycles. The molecule has 1 fully saturated rings. The molecule has 11 heavy (non-hydrogen) atoms. The molecule has 0 bridgehead atoms. The quantitative estimate of drug-likeness (QED) is 0.434.